The molecule has 0 amide bonds. The summed E-state index contributed by atoms with van der Waals surface area (Å²) in [5, 5.41) is 7.95. The number of methoxy groups -OCH3 is 3. The predicted molar refractivity (Wildman–Crippen MR) is 117 cm³/mol. The van der Waals surface area contributed by atoms with Crippen LogP contribution in [0.15, 0.2) is 39.6 Å². The van der Waals surface area contributed by atoms with Crippen LogP contribution < -0.4 is 23.7 Å². The van der Waals surface area contributed by atoms with Crippen LogP contribution >= 0.6 is 11.8 Å². The third-order valence-corrected chi connectivity index (χ3v) is 5.57. The molecule has 2 heterocycles. The molecule has 10 nitrogen and oxygen atoms in total. The molecule has 11 heteroatoms. The number of esters is 1. The van der Waals surface area contributed by atoms with E-state index in [9.17, 15) is 4.79 Å². The number of carbonyl (C=O) groups excluding carboxylic acids is 1. The van der Waals surface area contributed by atoms with Gasteiger partial charge in [-0.3, -0.25) is 4.79 Å². The quantitative estimate of drug-likeness (QED) is 0.336. The summed E-state index contributed by atoms with van der Waals surface area (Å²) in [5.41, 5.74) is 0.573. The minimum Gasteiger partial charge on any atom is -0.493 e. The second kappa shape index (κ2) is 10.3. The van der Waals surface area contributed by atoms with Crippen molar-refractivity contribution in [2.45, 2.75) is 11.5 Å². The highest BCUT2D eigenvalue weighted by molar-refractivity contribution is 8.00. The van der Waals surface area contributed by atoms with E-state index in [-0.39, 0.29) is 24.1 Å². The number of hydrogen-bond acceptors (Lipinski definition) is 11. The molecule has 0 saturated heterocycles. The first-order chi connectivity index (χ1) is 16.1. The molecule has 0 radical (unpaired) electrons. The normalized spacial score (nSPS) is 12.2. The van der Waals surface area contributed by atoms with Crippen molar-refractivity contribution in [3.63, 3.8) is 0 Å². The van der Waals surface area contributed by atoms with Gasteiger partial charge in [0.05, 0.1) is 27.1 Å². The van der Waals surface area contributed by atoms with Crippen molar-refractivity contribution in [2.75, 3.05) is 40.3 Å². The summed E-state index contributed by atoms with van der Waals surface area (Å²) in [7, 11) is 4.55. The lowest BCUT2D eigenvalue weighted by Crippen LogP contribution is -2.15. The third-order valence-electron chi connectivity index (χ3n) is 4.61. The number of fused-ring (bicyclic) bond motifs is 1. The lowest BCUT2D eigenvalue weighted by atomic mass is 10.2. The fraction of sp³-hybridized carbons (Fsp3) is 0.318. The van der Waals surface area contributed by atoms with Gasteiger partial charge in [-0.25, -0.2) is 0 Å². The first kappa shape index (κ1) is 22.6. The summed E-state index contributed by atoms with van der Waals surface area (Å²) in [6.07, 6.45) is 0. The number of benzene rings is 2. The highest BCUT2D eigenvalue weighted by Crippen LogP contribution is 2.41. The molecule has 0 spiro atoms. The average Bonchev–Trinajstić information content (AvgIpc) is 3.34. The largest absolute Gasteiger partial charge is 0.493 e. The number of hydrogen-bond donors (Lipinski definition) is 0. The Hall–Kier alpha value is -3.60. The van der Waals surface area contributed by atoms with Gasteiger partial charge in [0.2, 0.25) is 11.6 Å². The predicted octanol–water partition coefficient (Wildman–Crippen LogP) is 3.37. The van der Waals surface area contributed by atoms with Gasteiger partial charge in [0.25, 0.3) is 5.89 Å². The standard InChI is InChI=1S/C22H22N2O8S/c1-26-17-8-13(9-18(27-2)21(17)28-3)22-24-23-19(32-22)11-31-20(25)12-33-14-4-5-15-16(10-14)30-7-6-29-15/h4-5,8-10H,6-7,11-12H2,1-3H3. The Morgan fingerprint density at radius 3 is 2.39 bits per heavy atom. The number of carbonyl (C=O) groups is 1. The number of aromatic nitrogens is 2. The zero-order valence-electron chi connectivity index (χ0n) is 18.3. The van der Waals surface area contributed by atoms with Crippen molar-refractivity contribution in [2.24, 2.45) is 0 Å². The summed E-state index contributed by atoms with van der Waals surface area (Å²) in [4.78, 5) is 13.0. The minimum atomic E-state index is -0.414. The maximum atomic E-state index is 12.2. The molecule has 174 valence electrons. The van der Waals surface area contributed by atoms with Gasteiger partial charge in [0.15, 0.2) is 29.6 Å². The van der Waals surface area contributed by atoms with Crippen LogP contribution in [0.1, 0.15) is 5.89 Å². The van der Waals surface area contributed by atoms with Gasteiger partial charge in [-0.15, -0.1) is 22.0 Å². The van der Waals surface area contributed by atoms with Gasteiger partial charge in [0.1, 0.15) is 13.2 Å². The van der Waals surface area contributed by atoms with E-state index in [1.807, 2.05) is 18.2 Å². The van der Waals surface area contributed by atoms with Crippen LogP contribution in [0, 0.1) is 0 Å². The molecule has 0 saturated carbocycles. The zero-order valence-corrected chi connectivity index (χ0v) is 19.1. The second-order valence-electron chi connectivity index (χ2n) is 6.67. The van der Waals surface area contributed by atoms with Crippen molar-refractivity contribution < 1.29 is 37.6 Å². The zero-order chi connectivity index (χ0) is 23.2. The van der Waals surface area contributed by atoms with Crippen molar-refractivity contribution >= 4 is 17.7 Å². The Kier molecular flexibility index (Phi) is 7.08. The Balaban J connectivity index is 1.34. The first-order valence-electron chi connectivity index (χ1n) is 9.92. The molecule has 0 atom stereocenters. The van der Waals surface area contributed by atoms with E-state index in [1.54, 1.807) is 12.1 Å². The fourth-order valence-electron chi connectivity index (χ4n) is 3.07. The lowest BCUT2D eigenvalue weighted by Gasteiger charge is -2.18. The lowest BCUT2D eigenvalue weighted by molar-refractivity contribution is -0.142. The molecular formula is C22H22N2O8S. The minimum absolute atomic E-state index is 0.119. The van der Waals surface area contributed by atoms with Crippen LogP contribution in [0.5, 0.6) is 28.7 Å². The van der Waals surface area contributed by atoms with Crippen LogP contribution in [0.25, 0.3) is 11.5 Å². The average molecular weight is 474 g/mol. The number of ether oxygens (including phenoxy) is 6. The molecule has 1 aliphatic heterocycles. The molecular weight excluding hydrogens is 452 g/mol. The third kappa shape index (κ3) is 5.25. The monoisotopic (exact) mass is 474 g/mol. The number of thioether (sulfide) groups is 1. The van der Waals surface area contributed by atoms with Crippen LogP contribution in [0.2, 0.25) is 0 Å². The van der Waals surface area contributed by atoms with Crippen molar-refractivity contribution in [3.8, 4) is 40.2 Å². The number of nitrogens with zero attached hydrogens (tertiary/aromatic N) is 2. The Labute approximate surface area is 194 Å². The van der Waals surface area contributed by atoms with Gasteiger partial charge < -0.3 is 32.8 Å². The van der Waals surface area contributed by atoms with E-state index >= 15 is 0 Å². The molecule has 1 aromatic heterocycles. The van der Waals surface area contributed by atoms with E-state index in [2.05, 4.69) is 10.2 Å². The van der Waals surface area contributed by atoms with Crippen LogP contribution in [-0.4, -0.2) is 56.5 Å². The van der Waals surface area contributed by atoms with Crippen molar-refractivity contribution in [3.05, 3.63) is 36.2 Å². The molecule has 0 bridgehead atoms. The Morgan fingerprint density at radius 2 is 1.70 bits per heavy atom. The Morgan fingerprint density at radius 1 is 0.970 bits per heavy atom. The van der Waals surface area contributed by atoms with Gasteiger partial charge >= 0.3 is 5.97 Å². The SMILES string of the molecule is COc1cc(-c2nnc(COC(=O)CSc3ccc4c(c3)OCCO4)o2)cc(OC)c1OC. The molecule has 0 unspecified atom stereocenters. The van der Waals surface area contributed by atoms with Crippen molar-refractivity contribution in [1.29, 1.82) is 0 Å². The van der Waals surface area contributed by atoms with E-state index < -0.39 is 5.97 Å². The smallest absolute Gasteiger partial charge is 0.316 e. The second-order valence-corrected chi connectivity index (χ2v) is 7.72. The van der Waals surface area contributed by atoms with E-state index in [0.717, 1.165) is 4.90 Å². The molecule has 33 heavy (non-hydrogen) atoms. The van der Waals surface area contributed by atoms with Crippen LogP contribution in [0.3, 0.4) is 0 Å². The van der Waals surface area contributed by atoms with Crippen LogP contribution in [-0.2, 0) is 16.1 Å². The summed E-state index contributed by atoms with van der Waals surface area (Å²) in [6.45, 7) is 0.895. The maximum Gasteiger partial charge on any atom is 0.316 e. The molecule has 0 fully saturated rings. The highest BCUT2D eigenvalue weighted by atomic mass is 32.2. The first-order valence-corrected chi connectivity index (χ1v) is 10.9. The van der Waals surface area contributed by atoms with E-state index in [0.29, 0.717) is 47.5 Å². The van der Waals surface area contributed by atoms with Gasteiger partial charge in [-0.2, -0.15) is 0 Å². The van der Waals surface area contributed by atoms with Gasteiger partial charge in [0, 0.05) is 10.5 Å². The molecule has 3 aromatic rings. The fourth-order valence-corrected chi connectivity index (χ4v) is 3.80. The number of rotatable bonds is 9. The molecule has 0 N–H and O–H groups in total. The molecule has 1 aliphatic rings. The molecule has 4 rings (SSSR count). The van der Waals surface area contributed by atoms with E-state index in [1.165, 1.54) is 33.1 Å². The highest BCUT2D eigenvalue weighted by Gasteiger charge is 2.18. The summed E-state index contributed by atoms with van der Waals surface area (Å²) in [5.74, 6) is 2.83. The van der Waals surface area contributed by atoms with Crippen molar-refractivity contribution in [1.82, 2.24) is 10.2 Å². The maximum absolute atomic E-state index is 12.2. The van der Waals surface area contributed by atoms with E-state index in [4.69, 9.17) is 32.8 Å². The van der Waals surface area contributed by atoms with Gasteiger partial charge in [-0.1, -0.05) is 0 Å². The molecule has 0 aliphatic carbocycles. The summed E-state index contributed by atoms with van der Waals surface area (Å²) in [6, 6.07) is 8.91. The summed E-state index contributed by atoms with van der Waals surface area (Å²) >= 11 is 1.33. The Bertz CT molecular complexity index is 1110. The topological polar surface area (TPSA) is 111 Å². The molecule has 2 aromatic carbocycles. The van der Waals surface area contributed by atoms with Crippen LogP contribution in [0.4, 0.5) is 0 Å². The summed E-state index contributed by atoms with van der Waals surface area (Å²) < 4.78 is 37.9. The van der Waals surface area contributed by atoms with Gasteiger partial charge in [-0.05, 0) is 30.3 Å².